The molecule has 0 aliphatic heterocycles. The Morgan fingerprint density at radius 1 is 1.18 bits per heavy atom. The Balaban J connectivity index is 2.35. The van der Waals surface area contributed by atoms with Crippen LogP contribution in [0, 0.1) is 17.2 Å². The van der Waals surface area contributed by atoms with E-state index in [4.69, 9.17) is 0 Å². The summed E-state index contributed by atoms with van der Waals surface area (Å²) in [5.74, 6) is 0.550. The molecule has 1 nitrogen and oxygen atoms in total. The molecule has 1 unspecified atom stereocenters. The molecule has 0 bridgehead atoms. The molecule has 0 radical (unpaired) electrons. The zero-order valence-electron chi connectivity index (χ0n) is 10.7. The van der Waals surface area contributed by atoms with Crippen molar-refractivity contribution in [3.05, 3.63) is 35.9 Å². The molecule has 1 aliphatic rings. The standard InChI is InChI=1S/C16H21N/c1-2-16(13-17,14-9-5-3-6-10-14)15-11-7-4-8-12-15/h3,5-6,9-10,15H,2,4,7-8,11-12H2,1H3. The van der Waals surface area contributed by atoms with Gasteiger partial charge in [0, 0.05) is 0 Å². The number of benzene rings is 1. The smallest absolute Gasteiger partial charge is 0.0847 e. The molecule has 1 aromatic carbocycles. The second-order valence-electron chi connectivity index (χ2n) is 5.14. The van der Waals surface area contributed by atoms with Crippen LogP contribution >= 0.6 is 0 Å². The summed E-state index contributed by atoms with van der Waals surface area (Å²) in [5.41, 5.74) is 0.971. The second kappa shape index (κ2) is 5.36. The highest BCUT2D eigenvalue weighted by Crippen LogP contribution is 2.42. The quantitative estimate of drug-likeness (QED) is 0.749. The third kappa shape index (κ3) is 2.22. The number of rotatable bonds is 3. The average Bonchev–Trinajstić information content (AvgIpc) is 2.43. The first-order valence-electron chi connectivity index (χ1n) is 6.80. The van der Waals surface area contributed by atoms with E-state index in [0.717, 1.165) is 6.42 Å². The summed E-state index contributed by atoms with van der Waals surface area (Å²) < 4.78 is 0. The summed E-state index contributed by atoms with van der Waals surface area (Å²) in [6.07, 6.45) is 7.29. The Hall–Kier alpha value is -1.29. The van der Waals surface area contributed by atoms with Crippen molar-refractivity contribution in [1.82, 2.24) is 0 Å². The molecule has 1 aliphatic carbocycles. The van der Waals surface area contributed by atoms with Crippen LogP contribution in [0.4, 0.5) is 0 Å². The Kier molecular flexibility index (Phi) is 3.84. The minimum absolute atomic E-state index is 0.248. The Labute approximate surface area is 104 Å². The van der Waals surface area contributed by atoms with E-state index < -0.39 is 0 Å². The van der Waals surface area contributed by atoms with Gasteiger partial charge in [-0.3, -0.25) is 0 Å². The number of nitriles is 1. The first-order chi connectivity index (χ1) is 8.33. The molecule has 1 atom stereocenters. The van der Waals surface area contributed by atoms with Crippen LogP contribution in [0.1, 0.15) is 51.0 Å². The van der Waals surface area contributed by atoms with Gasteiger partial charge in [-0.15, -0.1) is 0 Å². The molecule has 0 amide bonds. The normalized spacial score (nSPS) is 20.5. The van der Waals surface area contributed by atoms with Gasteiger partial charge in [0.25, 0.3) is 0 Å². The fourth-order valence-electron chi connectivity index (χ4n) is 3.29. The summed E-state index contributed by atoms with van der Waals surface area (Å²) in [6.45, 7) is 2.16. The molecule has 0 spiro atoms. The van der Waals surface area contributed by atoms with Gasteiger partial charge in [0.05, 0.1) is 11.5 Å². The summed E-state index contributed by atoms with van der Waals surface area (Å²) in [4.78, 5) is 0. The molecule has 1 saturated carbocycles. The summed E-state index contributed by atoms with van der Waals surface area (Å²) in [5, 5.41) is 9.73. The number of nitrogens with zero attached hydrogens (tertiary/aromatic N) is 1. The minimum atomic E-state index is -0.248. The summed E-state index contributed by atoms with van der Waals surface area (Å²) >= 11 is 0. The van der Waals surface area contributed by atoms with E-state index in [1.165, 1.54) is 37.7 Å². The van der Waals surface area contributed by atoms with Crippen molar-refractivity contribution in [2.75, 3.05) is 0 Å². The fraction of sp³-hybridized carbons (Fsp3) is 0.562. The zero-order valence-corrected chi connectivity index (χ0v) is 10.7. The zero-order chi connectivity index (χ0) is 12.1. The summed E-state index contributed by atoms with van der Waals surface area (Å²) in [7, 11) is 0. The van der Waals surface area contributed by atoms with Crippen LogP contribution in [-0.2, 0) is 5.41 Å². The lowest BCUT2D eigenvalue weighted by Gasteiger charge is -2.37. The average molecular weight is 227 g/mol. The van der Waals surface area contributed by atoms with Gasteiger partial charge in [-0.1, -0.05) is 56.5 Å². The molecular formula is C16H21N. The van der Waals surface area contributed by atoms with E-state index >= 15 is 0 Å². The van der Waals surface area contributed by atoms with E-state index in [9.17, 15) is 5.26 Å². The third-order valence-electron chi connectivity index (χ3n) is 4.35. The highest BCUT2D eigenvalue weighted by Gasteiger charge is 2.39. The largest absolute Gasteiger partial charge is 0.197 e. The molecule has 17 heavy (non-hydrogen) atoms. The van der Waals surface area contributed by atoms with Crippen LogP contribution in [0.15, 0.2) is 30.3 Å². The maximum Gasteiger partial charge on any atom is 0.0847 e. The van der Waals surface area contributed by atoms with Crippen molar-refractivity contribution in [2.45, 2.75) is 50.9 Å². The van der Waals surface area contributed by atoms with Gasteiger partial charge >= 0.3 is 0 Å². The molecule has 0 saturated heterocycles. The van der Waals surface area contributed by atoms with E-state index in [2.05, 4.69) is 37.3 Å². The second-order valence-corrected chi connectivity index (χ2v) is 5.14. The van der Waals surface area contributed by atoms with Crippen molar-refractivity contribution >= 4 is 0 Å². The van der Waals surface area contributed by atoms with E-state index in [1.807, 2.05) is 6.07 Å². The molecular weight excluding hydrogens is 206 g/mol. The van der Waals surface area contributed by atoms with Crippen LogP contribution in [0.5, 0.6) is 0 Å². The molecule has 0 heterocycles. The first kappa shape index (κ1) is 12.2. The van der Waals surface area contributed by atoms with Gasteiger partial charge in [-0.05, 0) is 30.7 Å². The van der Waals surface area contributed by atoms with Crippen molar-refractivity contribution in [2.24, 2.45) is 5.92 Å². The maximum absolute atomic E-state index is 9.73. The predicted molar refractivity (Wildman–Crippen MR) is 70.6 cm³/mol. The van der Waals surface area contributed by atoms with Gasteiger partial charge in [-0.25, -0.2) is 0 Å². The lowest BCUT2D eigenvalue weighted by Crippen LogP contribution is -2.34. The molecule has 1 aromatic rings. The van der Waals surface area contributed by atoms with E-state index in [1.54, 1.807) is 0 Å². The Bertz CT molecular complexity index is 384. The third-order valence-corrected chi connectivity index (χ3v) is 4.35. The number of hydrogen-bond acceptors (Lipinski definition) is 1. The lowest BCUT2D eigenvalue weighted by atomic mass is 9.64. The number of hydrogen-bond donors (Lipinski definition) is 0. The van der Waals surface area contributed by atoms with Crippen LogP contribution in [-0.4, -0.2) is 0 Å². The lowest BCUT2D eigenvalue weighted by molar-refractivity contribution is 0.245. The molecule has 0 N–H and O–H groups in total. The van der Waals surface area contributed by atoms with Crippen LogP contribution in [0.2, 0.25) is 0 Å². The first-order valence-corrected chi connectivity index (χ1v) is 6.80. The Morgan fingerprint density at radius 3 is 2.35 bits per heavy atom. The van der Waals surface area contributed by atoms with E-state index in [-0.39, 0.29) is 5.41 Å². The van der Waals surface area contributed by atoms with Gasteiger partial charge in [-0.2, -0.15) is 5.26 Å². The highest BCUT2D eigenvalue weighted by atomic mass is 14.4. The van der Waals surface area contributed by atoms with Gasteiger partial charge in [0.1, 0.15) is 0 Å². The molecule has 90 valence electrons. The van der Waals surface area contributed by atoms with E-state index in [0.29, 0.717) is 5.92 Å². The Morgan fingerprint density at radius 2 is 1.82 bits per heavy atom. The van der Waals surface area contributed by atoms with Gasteiger partial charge < -0.3 is 0 Å². The molecule has 2 rings (SSSR count). The van der Waals surface area contributed by atoms with Crippen molar-refractivity contribution in [1.29, 1.82) is 5.26 Å². The highest BCUT2D eigenvalue weighted by molar-refractivity contribution is 5.33. The van der Waals surface area contributed by atoms with Gasteiger partial charge in [0.15, 0.2) is 0 Å². The fourth-order valence-corrected chi connectivity index (χ4v) is 3.29. The minimum Gasteiger partial charge on any atom is -0.197 e. The van der Waals surface area contributed by atoms with Gasteiger partial charge in [0.2, 0.25) is 0 Å². The van der Waals surface area contributed by atoms with Crippen LogP contribution in [0.3, 0.4) is 0 Å². The van der Waals surface area contributed by atoms with Crippen molar-refractivity contribution in [3.8, 4) is 6.07 Å². The van der Waals surface area contributed by atoms with Crippen molar-refractivity contribution in [3.63, 3.8) is 0 Å². The van der Waals surface area contributed by atoms with Crippen LogP contribution < -0.4 is 0 Å². The molecule has 1 heteroatoms. The topological polar surface area (TPSA) is 23.8 Å². The SMILES string of the molecule is CCC(C#N)(c1ccccc1)C1CCCCC1. The summed E-state index contributed by atoms with van der Waals surface area (Å²) in [6, 6.07) is 13.0. The maximum atomic E-state index is 9.73. The van der Waals surface area contributed by atoms with Crippen LogP contribution in [0.25, 0.3) is 0 Å². The predicted octanol–water partition coefficient (Wildman–Crippen LogP) is 4.44. The molecule has 1 fully saturated rings. The monoisotopic (exact) mass is 227 g/mol. The molecule has 0 aromatic heterocycles. The van der Waals surface area contributed by atoms with Crippen molar-refractivity contribution < 1.29 is 0 Å².